The van der Waals surface area contributed by atoms with Gasteiger partial charge in [-0.25, -0.2) is 0 Å². The highest BCUT2D eigenvalue weighted by atomic mass is 79.9. The molecule has 0 saturated heterocycles. The van der Waals surface area contributed by atoms with Gasteiger partial charge in [-0.05, 0) is 35.9 Å². The Kier molecular flexibility index (Phi) is 3.94. The fourth-order valence-electron chi connectivity index (χ4n) is 1.96. The molecule has 4 nitrogen and oxygen atoms in total. The Morgan fingerprint density at radius 2 is 1.90 bits per heavy atom. The highest BCUT2D eigenvalue weighted by Gasteiger charge is 2.10. The lowest BCUT2D eigenvalue weighted by atomic mass is 10.1. The first kappa shape index (κ1) is 14.1. The van der Waals surface area contributed by atoms with E-state index in [0.29, 0.717) is 28.8 Å². The summed E-state index contributed by atoms with van der Waals surface area (Å²) in [5, 5.41) is 4.70. The molecule has 21 heavy (non-hydrogen) atoms. The molecule has 0 atom stereocenters. The van der Waals surface area contributed by atoms with Crippen molar-refractivity contribution in [3.05, 3.63) is 63.3 Å². The first-order valence-electron chi connectivity index (χ1n) is 6.23. The normalized spacial score (nSPS) is 10.8. The van der Waals surface area contributed by atoms with Crippen LogP contribution in [0, 0.1) is 0 Å². The van der Waals surface area contributed by atoms with Crippen molar-refractivity contribution < 1.29 is 4.52 Å². The van der Waals surface area contributed by atoms with Crippen molar-refractivity contribution in [1.82, 2.24) is 10.1 Å². The van der Waals surface area contributed by atoms with E-state index in [2.05, 4.69) is 26.1 Å². The molecule has 0 aliphatic rings. The molecule has 3 aromatic rings. The smallest absolute Gasteiger partial charge is 0.258 e. The highest BCUT2D eigenvalue weighted by Crippen LogP contribution is 2.25. The van der Waals surface area contributed by atoms with Crippen LogP contribution in [-0.4, -0.2) is 10.1 Å². The Morgan fingerprint density at radius 1 is 1.14 bits per heavy atom. The van der Waals surface area contributed by atoms with E-state index in [0.717, 1.165) is 15.6 Å². The van der Waals surface area contributed by atoms with E-state index in [4.69, 9.17) is 21.9 Å². The van der Waals surface area contributed by atoms with Gasteiger partial charge in [0.05, 0.1) is 0 Å². The van der Waals surface area contributed by atoms with Crippen molar-refractivity contribution in [3.8, 4) is 11.5 Å². The molecule has 0 unspecified atom stereocenters. The van der Waals surface area contributed by atoms with Crippen molar-refractivity contribution in [3.63, 3.8) is 0 Å². The molecule has 0 bridgehead atoms. The van der Waals surface area contributed by atoms with Gasteiger partial charge in [-0.1, -0.05) is 44.8 Å². The number of nitrogens with two attached hydrogens (primary N) is 1. The second-order valence-electron chi connectivity index (χ2n) is 4.59. The number of hydrogen-bond acceptors (Lipinski definition) is 4. The van der Waals surface area contributed by atoms with Crippen LogP contribution >= 0.6 is 27.5 Å². The monoisotopic (exact) mass is 363 g/mol. The molecule has 0 radical (unpaired) electrons. The second-order valence-corrected chi connectivity index (χ2v) is 5.94. The average Bonchev–Trinajstić information content (AvgIpc) is 2.89. The lowest BCUT2D eigenvalue weighted by Gasteiger charge is -1.98. The van der Waals surface area contributed by atoms with Crippen molar-refractivity contribution in [2.45, 2.75) is 6.42 Å². The van der Waals surface area contributed by atoms with Crippen LogP contribution < -0.4 is 5.73 Å². The molecular formula is C15H11BrClN3O. The Hall–Kier alpha value is -1.85. The van der Waals surface area contributed by atoms with Crippen LogP contribution in [0.1, 0.15) is 11.4 Å². The van der Waals surface area contributed by atoms with Crippen molar-refractivity contribution >= 4 is 33.2 Å². The molecule has 0 aliphatic heterocycles. The van der Waals surface area contributed by atoms with Gasteiger partial charge in [0.2, 0.25) is 0 Å². The Bertz CT molecular complexity index is 751. The van der Waals surface area contributed by atoms with Crippen LogP contribution in [-0.2, 0) is 6.42 Å². The summed E-state index contributed by atoms with van der Waals surface area (Å²) in [6, 6.07) is 13.1. The second kappa shape index (κ2) is 5.87. The van der Waals surface area contributed by atoms with Crippen LogP contribution in [0.5, 0.6) is 0 Å². The van der Waals surface area contributed by atoms with Crippen LogP contribution in [0.25, 0.3) is 11.5 Å². The van der Waals surface area contributed by atoms with Crippen LogP contribution in [0.4, 0.5) is 5.69 Å². The molecule has 1 heterocycles. The molecule has 0 spiro atoms. The van der Waals surface area contributed by atoms with Gasteiger partial charge < -0.3 is 10.3 Å². The minimum absolute atomic E-state index is 0.451. The molecule has 2 aromatic carbocycles. The minimum atomic E-state index is 0.451. The Labute approximate surface area is 135 Å². The van der Waals surface area contributed by atoms with E-state index in [9.17, 15) is 0 Å². The number of nitrogens with zero attached hydrogens (tertiary/aromatic N) is 2. The predicted molar refractivity (Wildman–Crippen MR) is 86.1 cm³/mol. The fourth-order valence-corrected chi connectivity index (χ4v) is 2.60. The van der Waals surface area contributed by atoms with Crippen molar-refractivity contribution in [2.75, 3.05) is 5.73 Å². The third-order valence-corrected chi connectivity index (χ3v) is 3.62. The molecule has 3 rings (SSSR count). The zero-order valence-electron chi connectivity index (χ0n) is 10.9. The molecular weight excluding hydrogens is 354 g/mol. The number of nitrogen functional groups attached to an aromatic ring is 1. The predicted octanol–water partition coefficient (Wildman–Crippen LogP) is 4.33. The first-order chi connectivity index (χ1) is 10.1. The number of aromatic nitrogens is 2. The molecule has 0 amide bonds. The van der Waals surface area contributed by atoms with Crippen LogP contribution in [0.15, 0.2) is 51.5 Å². The Morgan fingerprint density at radius 3 is 2.62 bits per heavy atom. The number of hydrogen-bond donors (Lipinski definition) is 1. The van der Waals surface area contributed by atoms with E-state index >= 15 is 0 Å². The fraction of sp³-hybridized carbons (Fsp3) is 0.0667. The molecule has 0 aliphatic carbocycles. The van der Waals surface area contributed by atoms with Gasteiger partial charge in [0.1, 0.15) is 0 Å². The maximum atomic E-state index is 5.86. The average molecular weight is 365 g/mol. The maximum absolute atomic E-state index is 5.86. The first-order valence-corrected chi connectivity index (χ1v) is 7.41. The van der Waals surface area contributed by atoms with E-state index in [1.807, 2.05) is 36.4 Å². The molecule has 106 valence electrons. The zero-order valence-corrected chi connectivity index (χ0v) is 13.2. The number of benzene rings is 2. The quantitative estimate of drug-likeness (QED) is 0.703. The summed E-state index contributed by atoms with van der Waals surface area (Å²) in [7, 11) is 0. The third-order valence-electron chi connectivity index (χ3n) is 2.91. The summed E-state index contributed by atoms with van der Waals surface area (Å²) in [6.07, 6.45) is 0.587. The number of halogens is 2. The van der Waals surface area contributed by atoms with Gasteiger partial charge in [0, 0.05) is 27.2 Å². The van der Waals surface area contributed by atoms with Gasteiger partial charge in [-0.3, -0.25) is 0 Å². The summed E-state index contributed by atoms with van der Waals surface area (Å²) in [5.74, 6) is 1.07. The molecule has 0 saturated carbocycles. The summed E-state index contributed by atoms with van der Waals surface area (Å²) in [4.78, 5) is 4.39. The zero-order chi connectivity index (χ0) is 14.8. The van der Waals surface area contributed by atoms with Crippen LogP contribution in [0.2, 0.25) is 5.02 Å². The third kappa shape index (κ3) is 3.43. The van der Waals surface area contributed by atoms with Gasteiger partial charge in [-0.15, -0.1) is 0 Å². The van der Waals surface area contributed by atoms with E-state index in [-0.39, 0.29) is 0 Å². The van der Waals surface area contributed by atoms with Gasteiger partial charge in [-0.2, -0.15) is 4.98 Å². The minimum Gasteiger partial charge on any atom is -0.399 e. The van der Waals surface area contributed by atoms with Crippen LogP contribution in [0.3, 0.4) is 0 Å². The Balaban J connectivity index is 1.84. The van der Waals surface area contributed by atoms with E-state index in [1.165, 1.54) is 0 Å². The SMILES string of the molecule is Nc1cc(Br)cc(-c2nc(Cc3ccc(Cl)cc3)no2)c1. The maximum Gasteiger partial charge on any atom is 0.258 e. The van der Waals surface area contributed by atoms with Gasteiger partial charge in [0.25, 0.3) is 5.89 Å². The highest BCUT2D eigenvalue weighted by molar-refractivity contribution is 9.10. The molecule has 0 fully saturated rings. The summed E-state index contributed by atoms with van der Waals surface area (Å²) in [5.41, 5.74) is 8.30. The lowest BCUT2D eigenvalue weighted by Crippen LogP contribution is -1.91. The van der Waals surface area contributed by atoms with E-state index in [1.54, 1.807) is 6.07 Å². The molecule has 6 heteroatoms. The number of anilines is 1. The van der Waals surface area contributed by atoms with Crippen molar-refractivity contribution in [2.24, 2.45) is 0 Å². The largest absolute Gasteiger partial charge is 0.399 e. The van der Waals surface area contributed by atoms with E-state index < -0.39 is 0 Å². The van der Waals surface area contributed by atoms with Crippen molar-refractivity contribution in [1.29, 1.82) is 0 Å². The number of rotatable bonds is 3. The summed E-state index contributed by atoms with van der Waals surface area (Å²) < 4.78 is 6.16. The lowest BCUT2D eigenvalue weighted by molar-refractivity contribution is 0.424. The topological polar surface area (TPSA) is 64.9 Å². The van der Waals surface area contributed by atoms with Gasteiger partial charge in [0.15, 0.2) is 5.82 Å². The molecule has 1 aromatic heterocycles. The van der Waals surface area contributed by atoms with Gasteiger partial charge >= 0.3 is 0 Å². The standard InChI is InChI=1S/C15H11BrClN3O/c16-11-6-10(7-13(18)8-11)15-19-14(20-21-15)5-9-1-3-12(17)4-2-9/h1-4,6-8H,5,18H2. The summed E-state index contributed by atoms with van der Waals surface area (Å²) in [6.45, 7) is 0. The molecule has 2 N–H and O–H groups in total. The summed E-state index contributed by atoms with van der Waals surface area (Å²) >= 11 is 9.26.